The molecule has 4 rings (SSSR count). The van der Waals surface area contributed by atoms with Gasteiger partial charge in [-0.1, -0.05) is 30.2 Å². The standard InChI is InChI=1S/C24H23NO3/c1-4-11-25-15-17-13-22-19(9-6-10-23(22)28-3)20(14-21(17)24(25)26)16-7-5-8-18(12-16)27-2/h1,5-10,12,20H,11,13-15H2,2-3H3. The predicted octanol–water partition coefficient (Wildman–Crippen LogP) is 3.55. The van der Waals surface area contributed by atoms with Crippen molar-refractivity contribution in [3.8, 4) is 23.8 Å². The minimum atomic E-state index is 0.0578. The van der Waals surface area contributed by atoms with Crippen LogP contribution < -0.4 is 9.47 Å². The van der Waals surface area contributed by atoms with E-state index in [2.05, 4.69) is 24.1 Å². The highest BCUT2D eigenvalue weighted by atomic mass is 16.5. The van der Waals surface area contributed by atoms with Crippen molar-refractivity contribution in [3.05, 3.63) is 70.3 Å². The van der Waals surface area contributed by atoms with Crippen LogP contribution in [0.5, 0.6) is 11.5 Å². The molecule has 2 aliphatic rings. The van der Waals surface area contributed by atoms with Gasteiger partial charge in [-0.25, -0.2) is 0 Å². The number of rotatable bonds is 4. The van der Waals surface area contributed by atoms with Crippen molar-refractivity contribution < 1.29 is 14.3 Å². The van der Waals surface area contributed by atoms with Crippen molar-refractivity contribution in [2.24, 2.45) is 0 Å². The maximum absolute atomic E-state index is 13.0. The largest absolute Gasteiger partial charge is 0.497 e. The molecule has 1 aliphatic carbocycles. The molecule has 1 unspecified atom stereocenters. The summed E-state index contributed by atoms with van der Waals surface area (Å²) in [7, 11) is 3.36. The normalized spacial score (nSPS) is 18.2. The highest BCUT2D eigenvalue weighted by Crippen LogP contribution is 2.43. The van der Waals surface area contributed by atoms with E-state index in [1.807, 2.05) is 24.3 Å². The minimum Gasteiger partial charge on any atom is -0.497 e. The number of nitrogens with zero attached hydrogens (tertiary/aromatic N) is 1. The van der Waals surface area contributed by atoms with Crippen LogP contribution in [-0.2, 0) is 11.2 Å². The zero-order valence-corrected chi connectivity index (χ0v) is 16.2. The fourth-order valence-corrected chi connectivity index (χ4v) is 4.34. The summed E-state index contributed by atoms with van der Waals surface area (Å²) in [5.41, 5.74) is 5.53. The summed E-state index contributed by atoms with van der Waals surface area (Å²) in [6.45, 7) is 0.940. The third-order valence-corrected chi connectivity index (χ3v) is 5.70. The van der Waals surface area contributed by atoms with Crippen LogP contribution in [0.15, 0.2) is 53.6 Å². The van der Waals surface area contributed by atoms with Gasteiger partial charge in [0.25, 0.3) is 5.91 Å². The average Bonchev–Trinajstić information content (AvgIpc) is 2.91. The zero-order valence-electron chi connectivity index (χ0n) is 16.2. The fraction of sp³-hybridized carbons (Fsp3) is 0.292. The highest BCUT2D eigenvalue weighted by Gasteiger charge is 2.36. The highest BCUT2D eigenvalue weighted by molar-refractivity contribution is 5.97. The van der Waals surface area contributed by atoms with Gasteiger partial charge < -0.3 is 14.4 Å². The van der Waals surface area contributed by atoms with E-state index < -0.39 is 0 Å². The van der Waals surface area contributed by atoms with Crippen LogP contribution in [0.2, 0.25) is 0 Å². The van der Waals surface area contributed by atoms with E-state index in [1.54, 1.807) is 19.1 Å². The second-order valence-electron chi connectivity index (χ2n) is 7.19. The molecule has 2 aromatic carbocycles. The van der Waals surface area contributed by atoms with Crippen molar-refractivity contribution in [2.45, 2.75) is 18.8 Å². The predicted molar refractivity (Wildman–Crippen MR) is 109 cm³/mol. The first kappa shape index (κ1) is 18.2. The summed E-state index contributed by atoms with van der Waals surface area (Å²) in [5.74, 6) is 4.40. The van der Waals surface area contributed by atoms with Crippen LogP contribution in [0.3, 0.4) is 0 Å². The van der Waals surface area contributed by atoms with Crippen LogP contribution in [0.1, 0.15) is 29.0 Å². The number of carbonyl (C=O) groups is 1. The molecule has 0 saturated carbocycles. The Balaban J connectivity index is 1.84. The third kappa shape index (κ3) is 3.03. The van der Waals surface area contributed by atoms with Crippen LogP contribution in [0, 0.1) is 12.3 Å². The van der Waals surface area contributed by atoms with Gasteiger partial charge in [-0.05, 0) is 47.7 Å². The lowest BCUT2D eigenvalue weighted by Gasteiger charge is -2.23. The van der Waals surface area contributed by atoms with Crippen molar-refractivity contribution in [1.29, 1.82) is 0 Å². The molecule has 1 atom stereocenters. The molecule has 4 heteroatoms. The van der Waals surface area contributed by atoms with Crippen molar-refractivity contribution in [1.82, 2.24) is 4.90 Å². The van der Waals surface area contributed by atoms with Gasteiger partial charge in [-0.15, -0.1) is 6.42 Å². The van der Waals surface area contributed by atoms with Crippen LogP contribution in [-0.4, -0.2) is 38.1 Å². The molecule has 1 amide bonds. The average molecular weight is 373 g/mol. The second-order valence-corrected chi connectivity index (χ2v) is 7.19. The maximum Gasteiger partial charge on any atom is 0.250 e. The van der Waals surface area contributed by atoms with E-state index in [9.17, 15) is 4.79 Å². The number of amides is 1. The minimum absolute atomic E-state index is 0.0578. The zero-order chi connectivity index (χ0) is 19.7. The molecule has 0 aromatic heterocycles. The molecule has 4 nitrogen and oxygen atoms in total. The summed E-state index contributed by atoms with van der Waals surface area (Å²) in [6.07, 6.45) is 6.83. The number of benzene rings is 2. The summed E-state index contributed by atoms with van der Waals surface area (Å²) < 4.78 is 11.1. The van der Waals surface area contributed by atoms with Crippen molar-refractivity contribution >= 4 is 5.91 Å². The lowest BCUT2D eigenvalue weighted by Crippen LogP contribution is -2.28. The number of fused-ring (bicyclic) bond motifs is 1. The molecule has 1 aliphatic heterocycles. The quantitative estimate of drug-likeness (QED) is 0.770. The molecule has 2 aromatic rings. The molecule has 28 heavy (non-hydrogen) atoms. The van der Waals surface area contributed by atoms with Gasteiger partial charge in [0.2, 0.25) is 0 Å². The van der Waals surface area contributed by atoms with Crippen molar-refractivity contribution in [2.75, 3.05) is 27.3 Å². The number of hydrogen-bond acceptors (Lipinski definition) is 3. The van der Waals surface area contributed by atoms with Crippen LogP contribution >= 0.6 is 0 Å². The lowest BCUT2D eigenvalue weighted by atomic mass is 9.84. The van der Waals surface area contributed by atoms with Crippen molar-refractivity contribution in [3.63, 3.8) is 0 Å². The molecule has 142 valence electrons. The summed E-state index contributed by atoms with van der Waals surface area (Å²) in [6, 6.07) is 14.2. The van der Waals surface area contributed by atoms with Gasteiger partial charge in [0.15, 0.2) is 0 Å². The Morgan fingerprint density at radius 2 is 2.00 bits per heavy atom. The molecule has 0 spiro atoms. The summed E-state index contributed by atoms with van der Waals surface area (Å²) in [4.78, 5) is 14.8. The van der Waals surface area contributed by atoms with Gasteiger partial charge in [0.05, 0.1) is 20.8 Å². The van der Waals surface area contributed by atoms with Gasteiger partial charge in [-0.3, -0.25) is 4.79 Å². The van der Waals surface area contributed by atoms with E-state index in [-0.39, 0.29) is 11.8 Å². The SMILES string of the molecule is C#CCN1CC2=C(CC(c3cccc(OC)c3)c3cccc(OC)c3C2)C1=O. The smallest absolute Gasteiger partial charge is 0.250 e. The lowest BCUT2D eigenvalue weighted by molar-refractivity contribution is -0.125. The Kier molecular flexibility index (Phi) is 4.83. The third-order valence-electron chi connectivity index (χ3n) is 5.70. The fourth-order valence-electron chi connectivity index (χ4n) is 4.34. The number of hydrogen-bond donors (Lipinski definition) is 0. The molecule has 0 fully saturated rings. The molecule has 0 N–H and O–H groups in total. The molecule has 1 heterocycles. The molecule has 0 bridgehead atoms. The van der Waals surface area contributed by atoms with E-state index in [0.29, 0.717) is 25.9 Å². The molecule has 0 radical (unpaired) electrons. The first-order chi connectivity index (χ1) is 13.7. The number of methoxy groups -OCH3 is 2. The van der Waals surface area contributed by atoms with Gasteiger partial charge in [0, 0.05) is 23.6 Å². The first-order valence-corrected chi connectivity index (χ1v) is 9.39. The Morgan fingerprint density at radius 1 is 1.18 bits per heavy atom. The monoisotopic (exact) mass is 373 g/mol. The Labute approximate surface area is 165 Å². The number of terminal acetylenes is 1. The van der Waals surface area contributed by atoms with E-state index in [1.165, 1.54) is 5.56 Å². The Bertz CT molecular complexity index is 999. The molecular formula is C24H23NO3. The van der Waals surface area contributed by atoms with Crippen LogP contribution in [0.4, 0.5) is 0 Å². The van der Waals surface area contributed by atoms with E-state index >= 15 is 0 Å². The van der Waals surface area contributed by atoms with E-state index in [4.69, 9.17) is 15.9 Å². The van der Waals surface area contributed by atoms with Gasteiger partial charge in [-0.2, -0.15) is 0 Å². The molecule has 0 saturated heterocycles. The Hall–Kier alpha value is -3.19. The van der Waals surface area contributed by atoms with E-state index in [0.717, 1.165) is 33.8 Å². The molecular weight excluding hydrogens is 350 g/mol. The topological polar surface area (TPSA) is 38.8 Å². The maximum atomic E-state index is 13.0. The van der Waals surface area contributed by atoms with Crippen LogP contribution in [0.25, 0.3) is 0 Å². The van der Waals surface area contributed by atoms with Gasteiger partial charge >= 0.3 is 0 Å². The summed E-state index contributed by atoms with van der Waals surface area (Å²) >= 11 is 0. The number of carbonyl (C=O) groups excluding carboxylic acids is 1. The first-order valence-electron chi connectivity index (χ1n) is 9.39. The second kappa shape index (κ2) is 7.44. The summed E-state index contributed by atoms with van der Waals surface area (Å²) in [5, 5.41) is 0. The Morgan fingerprint density at radius 3 is 2.75 bits per heavy atom. The number of ether oxygens (including phenoxy) is 2. The van der Waals surface area contributed by atoms with Gasteiger partial charge in [0.1, 0.15) is 11.5 Å².